The normalized spacial score (nSPS) is 23.4. The largest absolute Gasteiger partial charge is 0.319 e. The van der Waals surface area contributed by atoms with Crippen LogP contribution in [0.25, 0.3) is 0 Å². The van der Waals surface area contributed by atoms with Gasteiger partial charge >= 0.3 is 0 Å². The molecule has 0 aliphatic carbocycles. The maximum atomic E-state index is 3.34. The summed E-state index contributed by atoms with van der Waals surface area (Å²) in [5.74, 6) is 0. The third kappa shape index (κ3) is 4.52. The van der Waals surface area contributed by atoms with Crippen molar-refractivity contribution in [2.24, 2.45) is 5.41 Å². The van der Waals surface area contributed by atoms with Crippen LogP contribution in [0.4, 0.5) is 0 Å². The summed E-state index contributed by atoms with van der Waals surface area (Å²) >= 11 is 0. The van der Waals surface area contributed by atoms with Crippen LogP contribution < -0.4 is 5.32 Å². The zero-order valence-corrected chi connectivity index (χ0v) is 10.8. The van der Waals surface area contributed by atoms with Crippen molar-refractivity contribution in [2.45, 2.75) is 46.0 Å². The molecule has 0 amide bonds. The minimum absolute atomic E-state index is 0.457. The van der Waals surface area contributed by atoms with Crippen LogP contribution in [0.2, 0.25) is 0 Å². The molecule has 1 heterocycles. The van der Waals surface area contributed by atoms with Gasteiger partial charge in [0.25, 0.3) is 0 Å². The summed E-state index contributed by atoms with van der Waals surface area (Å²) in [6.45, 7) is 9.77. The molecule has 0 aromatic heterocycles. The SMILES string of the molecule is CCC(C)(CNC)CN1CCCCCC1. The van der Waals surface area contributed by atoms with Crippen LogP contribution in [-0.4, -0.2) is 38.1 Å². The Morgan fingerprint density at radius 1 is 1.13 bits per heavy atom. The van der Waals surface area contributed by atoms with E-state index >= 15 is 0 Å². The van der Waals surface area contributed by atoms with Gasteiger partial charge in [-0.2, -0.15) is 0 Å². The highest BCUT2D eigenvalue weighted by atomic mass is 15.1. The van der Waals surface area contributed by atoms with Crippen molar-refractivity contribution in [3.05, 3.63) is 0 Å². The molecule has 1 aliphatic rings. The fourth-order valence-corrected chi connectivity index (χ4v) is 2.55. The average molecular weight is 212 g/mol. The first-order valence-corrected chi connectivity index (χ1v) is 6.57. The number of rotatable bonds is 5. The highest BCUT2D eigenvalue weighted by Gasteiger charge is 2.24. The Morgan fingerprint density at radius 3 is 2.20 bits per heavy atom. The fourth-order valence-electron chi connectivity index (χ4n) is 2.55. The van der Waals surface area contributed by atoms with Gasteiger partial charge in [0.05, 0.1) is 0 Å². The van der Waals surface area contributed by atoms with Gasteiger partial charge in [0.15, 0.2) is 0 Å². The van der Waals surface area contributed by atoms with Crippen molar-refractivity contribution >= 4 is 0 Å². The summed E-state index contributed by atoms with van der Waals surface area (Å²) in [6.07, 6.45) is 6.94. The molecule has 1 N–H and O–H groups in total. The van der Waals surface area contributed by atoms with Crippen LogP contribution >= 0.6 is 0 Å². The van der Waals surface area contributed by atoms with Gasteiger partial charge in [-0.15, -0.1) is 0 Å². The molecule has 2 heteroatoms. The monoisotopic (exact) mass is 212 g/mol. The second kappa shape index (κ2) is 6.49. The lowest BCUT2D eigenvalue weighted by Crippen LogP contribution is -2.41. The maximum Gasteiger partial charge on any atom is 0.00474 e. The molecule has 1 rings (SSSR count). The molecule has 0 spiro atoms. The van der Waals surface area contributed by atoms with Crippen LogP contribution in [-0.2, 0) is 0 Å². The summed E-state index contributed by atoms with van der Waals surface area (Å²) in [5, 5.41) is 3.34. The Labute approximate surface area is 95.4 Å². The first-order valence-electron chi connectivity index (χ1n) is 6.57. The molecule has 0 bridgehead atoms. The van der Waals surface area contributed by atoms with Gasteiger partial charge in [-0.25, -0.2) is 0 Å². The molecular formula is C13H28N2. The highest BCUT2D eigenvalue weighted by molar-refractivity contribution is 4.80. The van der Waals surface area contributed by atoms with Gasteiger partial charge in [-0.1, -0.05) is 26.7 Å². The molecule has 2 nitrogen and oxygen atoms in total. The second-order valence-corrected chi connectivity index (χ2v) is 5.38. The smallest absolute Gasteiger partial charge is 0.00474 e. The second-order valence-electron chi connectivity index (χ2n) is 5.38. The standard InChI is InChI=1S/C13H28N2/c1-4-13(2,11-14-3)12-15-9-7-5-6-8-10-15/h14H,4-12H2,1-3H3. The Morgan fingerprint density at radius 2 is 1.73 bits per heavy atom. The quantitative estimate of drug-likeness (QED) is 0.753. The summed E-state index contributed by atoms with van der Waals surface area (Å²) < 4.78 is 0. The van der Waals surface area contributed by atoms with Gasteiger partial charge in [-0.3, -0.25) is 0 Å². The molecule has 1 atom stereocenters. The van der Waals surface area contributed by atoms with Crippen molar-refractivity contribution in [1.82, 2.24) is 10.2 Å². The van der Waals surface area contributed by atoms with E-state index in [4.69, 9.17) is 0 Å². The lowest BCUT2D eigenvalue weighted by atomic mass is 9.86. The van der Waals surface area contributed by atoms with Crippen LogP contribution in [0.5, 0.6) is 0 Å². The summed E-state index contributed by atoms with van der Waals surface area (Å²) in [7, 11) is 2.07. The van der Waals surface area contributed by atoms with Crippen LogP contribution in [0.1, 0.15) is 46.0 Å². The predicted octanol–water partition coefficient (Wildman–Crippen LogP) is 2.50. The van der Waals surface area contributed by atoms with E-state index in [0.717, 1.165) is 6.54 Å². The average Bonchev–Trinajstić information content (AvgIpc) is 2.47. The topological polar surface area (TPSA) is 15.3 Å². The van der Waals surface area contributed by atoms with Crippen LogP contribution in [0.3, 0.4) is 0 Å². The molecule has 90 valence electrons. The van der Waals surface area contributed by atoms with E-state index in [0.29, 0.717) is 5.41 Å². The van der Waals surface area contributed by atoms with Crippen LogP contribution in [0, 0.1) is 5.41 Å². The van der Waals surface area contributed by atoms with Gasteiger partial charge < -0.3 is 10.2 Å². The first-order chi connectivity index (χ1) is 7.20. The van der Waals surface area contributed by atoms with E-state index in [9.17, 15) is 0 Å². The third-order valence-corrected chi connectivity index (χ3v) is 3.76. The lowest BCUT2D eigenvalue weighted by molar-refractivity contribution is 0.161. The van der Waals surface area contributed by atoms with Gasteiger partial charge in [0, 0.05) is 13.1 Å². The molecule has 0 radical (unpaired) electrons. The summed E-state index contributed by atoms with van der Waals surface area (Å²) in [4.78, 5) is 2.67. The van der Waals surface area contributed by atoms with Gasteiger partial charge in [0.1, 0.15) is 0 Å². The lowest BCUT2D eigenvalue weighted by Gasteiger charge is -2.34. The molecule has 1 fully saturated rings. The number of nitrogens with one attached hydrogen (secondary N) is 1. The molecule has 15 heavy (non-hydrogen) atoms. The van der Waals surface area contributed by atoms with E-state index in [-0.39, 0.29) is 0 Å². The van der Waals surface area contributed by atoms with Crippen molar-refractivity contribution in [3.8, 4) is 0 Å². The number of hydrogen-bond donors (Lipinski definition) is 1. The zero-order chi connectivity index (χ0) is 11.1. The van der Waals surface area contributed by atoms with Gasteiger partial charge in [-0.05, 0) is 44.8 Å². The van der Waals surface area contributed by atoms with E-state index in [1.54, 1.807) is 0 Å². The minimum atomic E-state index is 0.457. The fraction of sp³-hybridized carbons (Fsp3) is 1.00. The van der Waals surface area contributed by atoms with E-state index < -0.39 is 0 Å². The van der Waals surface area contributed by atoms with Crippen molar-refractivity contribution in [2.75, 3.05) is 33.2 Å². The molecule has 0 aromatic rings. The Balaban J connectivity index is 2.41. The maximum absolute atomic E-state index is 3.34. The van der Waals surface area contributed by atoms with Crippen LogP contribution in [0.15, 0.2) is 0 Å². The molecule has 1 aliphatic heterocycles. The van der Waals surface area contributed by atoms with E-state index in [1.165, 1.54) is 51.7 Å². The van der Waals surface area contributed by atoms with Gasteiger partial charge in [0.2, 0.25) is 0 Å². The highest BCUT2D eigenvalue weighted by Crippen LogP contribution is 2.23. The number of hydrogen-bond acceptors (Lipinski definition) is 2. The molecule has 1 unspecified atom stereocenters. The minimum Gasteiger partial charge on any atom is -0.319 e. The molecule has 0 saturated carbocycles. The summed E-state index contributed by atoms with van der Waals surface area (Å²) in [5.41, 5.74) is 0.457. The van der Waals surface area contributed by atoms with Crippen molar-refractivity contribution < 1.29 is 0 Å². The molecule has 1 saturated heterocycles. The molecule has 0 aromatic carbocycles. The van der Waals surface area contributed by atoms with Crippen molar-refractivity contribution in [3.63, 3.8) is 0 Å². The zero-order valence-electron chi connectivity index (χ0n) is 10.8. The predicted molar refractivity (Wildman–Crippen MR) is 67.2 cm³/mol. The Hall–Kier alpha value is -0.0800. The Kier molecular flexibility index (Phi) is 5.62. The Bertz CT molecular complexity index is 162. The number of likely N-dealkylation sites (tertiary alicyclic amines) is 1. The summed E-state index contributed by atoms with van der Waals surface area (Å²) in [6, 6.07) is 0. The van der Waals surface area contributed by atoms with E-state index in [2.05, 4.69) is 31.1 Å². The third-order valence-electron chi connectivity index (χ3n) is 3.76. The van der Waals surface area contributed by atoms with E-state index in [1.807, 2.05) is 0 Å². The number of nitrogens with zero attached hydrogens (tertiary/aromatic N) is 1. The van der Waals surface area contributed by atoms with Crippen molar-refractivity contribution in [1.29, 1.82) is 0 Å². The first kappa shape index (κ1) is 13.0. The molecular weight excluding hydrogens is 184 g/mol.